The monoisotopic (exact) mass is 348 g/mol. The molecule has 3 rings (SSSR count). The number of halogens is 2. The highest BCUT2D eigenvalue weighted by molar-refractivity contribution is 6.42. The van der Waals surface area contributed by atoms with Crippen molar-refractivity contribution in [1.29, 1.82) is 0 Å². The number of hydrogen-bond donors (Lipinski definition) is 1. The van der Waals surface area contributed by atoms with Crippen LogP contribution in [0, 0.1) is 0 Å². The first-order valence-corrected chi connectivity index (χ1v) is 8.17. The van der Waals surface area contributed by atoms with Crippen molar-refractivity contribution in [1.82, 2.24) is 4.57 Å². The van der Waals surface area contributed by atoms with Crippen LogP contribution in [0.15, 0.2) is 42.6 Å². The molecule has 0 aliphatic heterocycles. The second-order valence-corrected chi connectivity index (χ2v) is 6.27. The van der Waals surface area contributed by atoms with Gasteiger partial charge in [0.05, 0.1) is 17.2 Å². The minimum atomic E-state index is 0.571. The molecule has 2 aromatic carbocycles. The number of aromatic nitrogens is 1. The second kappa shape index (κ2) is 6.83. The number of rotatable bonds is 5. The SMILES string of the molecule is COc1ccc2c(c1)c(CCN)cn2Cc1ccc(Cl)c(Cl)c1. The highest BCUT2D eigenvalue weighted by Gasteiger charge is 2.10. The highest BCUT2D eigenvalue weighted by atomic mass is 35.5. The van der Waals surface area contributed by atoms with Crippen molar-refractivity contribution >= 4 is 34.1 Å². The molecule has 0 saturated heterocycles. The van der Waals surface area contributed by atoms with Crippen molar-refractivity contribution in [3.8, 4) is 5.75 Å². The van der Waals surface area contributed by atoms with Crippen LogP contribution in [0.4, 0.5) is 0 Å². The van der Waals surface area contributed by atoms with E-state index >= 15 is 0 Å². The number of ether oxygens (including phenoxy) is 1. The summed E-state index contributed by atoms with van der Waals surface area (Å²) in [6.45, 7) is 1.34. The third kappa shape index (κ3) is 3.32. The van der Waals surface area contributed by atoms with Gasteiger partial charge in [-0.2, -0.15) is 0 Å². The summed E-state index contributed by atoms with van der Waals surface area (Å²) >= 11 is 12.1. The summed E-state index contributed by atoms with van der Waals surface area (Å²) in [6.07, 6.45) is 2.98. The van der Waals surface area contributed by atoms with Gasteiger partial charge in [0.25, 0.3) is 0 Å². The largest absolute Gasteiger partial charge is 0.497 e. The Morgan fingerprint density at radius 2 is 1.91 bits per heavy atom. The zero-order valence-electron chi connectivity index (χ0n) is 12.9. The number of fused-ring (bicyclic) bond motifs is 1. The van der Waals surface area contributed by atoms with Crippen LogP contribution in [0.2, 0.25) is 10.0 Å². The third-order valence-corrected chi connectivity index (χ3v) is 4.66. The second-order valence-electron chi connectivity index (χ2n) is 5.45. The van der Waals surface area contributed by atoms with Crippen LogP contribution in [0.3, 0.4) is 0 Å². The van der Waals surface area contributed by atoms with Crippen molar-refractivity contribution in [3.05, 3.63) is 63.8 Å². The maximum Gasteiger partial charge on any atom is 0.119 e. The molecule has 0 saturated carbocycles. The number of methoxy groups -OCH3 is 1. The summed E-state index contributed by atoms with van der Waals surface area (Å²) < 4.78 is 7.55. The topological polar surface area (TPSA) is 40.2 Å². The van der Waals surface area contributed by atoms with Crippen LogP contribution in [0.5, 0.6) is 5.75 Å². The highest BCUT2D eigenvalue weighted by Crippen LogP contribution is 2.28. The van der Waals surface area contributed by atoms with E-state index in [2.05, 4.69) is 22.9 Å². The standard InChI is InChI=1S/C18H18Cl2N2O/c1-23-14-3-5-18-15(9-14)13(6-7-21)11-22(18)10-12-2-4-16(19)17(20)8-12/h2-5,8-9,11H,6-7,10,21H2,1H3. The molecule has 0 unspecified atom stereocenters. The number of benzene rings is 2. The molecule has 2 N–H and O–H groups in total. The Hall–Kier alpha value is -1.68. The van der Waals surface area contributed by atoms with Crippen molar-refractivity contribution < 1.29 is 4.74 Å². The van der Waals surface area contributed by atoms with E-state index in [1.165, 1.54) is 10.9 Å². The van der Waals surface area contributed by atoms with Gasteiger partial charge in [0.15, 0.2) is 0 Å². The summed E-state index contributed by atoms with van der Waals surface area (Å²) in [6, 6.07) is 11.8. The van der Waals surface area contributed by atoms with E-state index < -0.39 is 0 Å². The van der Waals surface area contributed by atoms with E-state index in [0.29, 0.717) is 16.6 Å². The van der Waals surface area contributed by atoms with Crippen molar-refractivity contribution in [2.75, 3.05) is 13.7 Å². The van der Waals surface area contributed by atoms with Crippen molar-refractivity contribution in [2.24, 2.45) is 5.73 Å². The smallest absolute Gasteiger partial charge is 0.119 e. The van der Waals surface area contributed by atoms with Crippen molar-refractivity contribution in [3.63, 3.8) is 0 Å². The summed E-state index contributed by atoms with van der Waals surface area (Å²) in [4.78, 5) is 0. The fraction of sp³-hybridized carbons (Fsp3) is 0.222. The van der Waals surface area contributed by atoms with Crippen LogP contribution in [0.25, 0.3) is 10.9 Å². The molecule has 0 radical (unpaired) electrons. The molecule has 0 atom stereocenters. The van der Waals surface area contributed by atoms with Gasteiger partial charge >= 0.3 is 0 Å². The Bertz CT molecular complexity index is 842. The Kier molecular flexibility index (Phi) is 4.81. The van der Waals surface area contributed by atoms with Gasteiger partial charge in [-0.15, -0.1) is 0 Å². The van der Waals surface area contributed by atoms with Crippen LogP contribution in [-0.2, 0) is 13.0 Å². The van der Waals surface area contributed by atoms with Crippen LogP contribution >= 0.6 is 23.2 Å². The number of nitrogens with two attached hydrogens (primary N) is 1. The lowest BCUT2D eigenvalue weighted by Crippen LogP contribution is -2.02. The summed E-state index contributed by atoms with van der Waals surface area (Å²) in [7, 11) is 1.68. The Morgan fingerprint density at radius 3 is 2.61 bits per heavy atom. The van der Waals surface area contributed by atoms with Crippen LogP contribution < -0.4 is 10.5 Å². The quantitative estimate of drug-likeness (QED) is 0.736. The molecule has 0 aliphatic carbocycles. The van der Waals surface area contributed by atoms with Gasteiger partial charge in [0.1, 0.15) is 5.75 Å². The first kappa shape index (κ1) is 16.2. The van der Waals surface area contributed by atoms with Gasteiger partial charge < -0.3 is 15.0 Å². The molecule has 120 valence electrons. The predicted octanol–water partition coefficient (Wildman–Crippen LogP) is 4.51. The molecule has 1 heterocycles. The molecule has 0 amide bonds. The first-order valence-electron chi connectivity index (χ1n) is 7.42. The van der Waals surface area contributed by atoms with Gasteiger partial charge in [-0.05, 0) is 54.4 Å². The van der Waals surface area contributed by atoms with E-state index in [9.17, 15) is 0 Å². The maximum atomic E-state index is 6.12. The zero-order valence-corrected chi connectivity index (χ0v) is 14.4. The predicted molar refractivity (Wildman–Crippen MR) is 96.8 cm³/mol. The summed E-state index contributed by atoms with van der Waals surface area (Å²) in [5, 5.41) is 2.32. The van der Waals surface area contributed by atoms with Crippen molar-refractivity contribution in [2.45, 2.75) is 13.0 Å². The van der Waals surface area contributed by atoms with E-state index in [1.807, 2.05) is 24.3 Å². The maximum absolute atomic E-state index is 6.12. The van der Waals surface area contributed by atoms with Gasteiger partial charge in [-0.3, -0.25) is 0 Å². The molecule has 5 heteroatoms. The summed E-state index contributed by atoms with van der Waals surface area (Å²) in [5.41, 5.74) is 9.23. The Balaban J connectivity index is 2.04. The van der Waals surface area contributed by atoms with E-state index in [-0.39, 0.29) is 0 Å². The van der Waals surface area contributed by atoms with Gasteiger partial charge in [0.2, 0.25) is 0 Å². The molecular formula is C18H18Cl2N2O. The number of nitrogens with zero attached hydrogens (tertiary/aromatic N) is 1. The summed E-state index contributed by atoms with van der Waals surface area (Å²) in [5.74, 6) is 0.850. The van der Waals surface area contributed by atoms with Gasteiger partial charge in [-0.25, -0.2) is 0 Å². The minimum Gasteiger partial charge on any atom is -0.497 e. The molecule has 0 spiro atoms. The normalized spacial score (nSPS) is 11.1. The van der Waals surface area contributed by atoms with E-state index in [1.54, 1.807) is 7.11 Å². The zero-order chi connectivity index (χ0) is 16.4. The Morgan fingerprint density at radius 1 is 1.09 bits per heavy atom. The van der Waals surface area contributed by atoms with E-state index in [0.717, 1.165) is 29.8 Å². The average Bonchev–Trinajstić information content (AvgIpc) is 2.88. The molecule has 1 aromatic heterocycles. The molecule has 0 aliphatic rings. The van der Waals surface area contributed by atoms with Gasteiger partial charge in [0, 0.05) is 23.6 Å². The lowest BCUT2D eigenvalue weighted by atomic mass is 10.1. The van der Waals surface area contributed by atoms with E-state index in [4.69, 9.17) is 33.7 Å². The third-order valence-electron chi connectivity index (χ3n) is 3.92. The molecule has 0 bridgehead atoms. The molecule has 3 nitrogen and oxygen atoms in total. The first-order chi connectivity index (χ1) is 11.1. The molecule has 23 heavy (non-hydrogen) atoms. The van der Waals surface area contributed by atoms with Gasteiger partial charge in [-0.1, -0.05) is 29.3 Å². The fourth-order valence-corrected chi connectivity index (χ4v) is 3.12. The lowest BCUT2D eigenvalue weighted by Gasteiger charge is -2.07. The molecular weight excluding hydrogens is 331 g/mol. The average molecular weight is 349 g/mol. The molecule has 3 aromatic rings. The van der Waals surface area contributed by atoms with Crippen LogP contribution in [-0.4, -0.2) is 18.2 Å². The Labute approximate surface area is 145 Å². The fourth-order valence-electron chi connectivity index (χ4n) is 2.80. The van der Waals surface area contributed by atoms with Crippen LogP contribution in [0.1, 0.15) is 11.1 Å². The number of hydrogen-bond acceptors (Lipinski definition) is 2. The lowest BCUT2D eigenvalue weighted by molar-refractivity contribution is 0.415. The molecule has 0 fully saturated rings. The minimum absolute atomic E-state index is 0.571.